The predicted molar refractivity (Wildman–Crippen MR) is 78.4 cm³/mol. The number of hydrogen-bond donors (Lipinski definition) is 3. The fourth-order valence-corrected chi connectivity index (χ4v) is 2.41. The summed E-state index contributed by atoms with van der Waals surface area (Å²) in [6.45, 7) is 3.95. The maximum atomic E-state index is 11.7. The smallest absolute Gasteiger partial charge is 0.321 e. The van der Waals surface area contributed by atoms with Gasteiger partial charge in [-0.15, -0.1) is 11.8 Å². The van der Waals surface area contributed by atoms with Crippen LogP contribution in [-0.2, 0) is 4.79 Å². The molecule has 0 radical (unpaired) electrons. The van der Waals surface area contributed by atoms with Crippen LogP contribution in [0.5, 0.6) is 0 Å². The highest BCUT2D eigenvalue weighted by Crippen LogP contribution is 2.29. The van der Waals surface area contributed by atoms with Crippen LogP contribution in [-0.4, -0.2) is 23.7 Å². The minimum Gasteiger partial charge on any atom is -0.398 e. The van der Waals surface area contributed by atoms with Gasteiger partial charge in [0.2, 0.25) is 5.91 Å². The molecule has 0 saturated carbocycles. The van der Waals surface area contributed by atoms with E-state index in [0.29, 0.717) is 17.3 Å². The van der Waals surface area contributed by atoms with Crippen molar-refractivity contribution in [2.24, 2.45) is 0 Å². The zero-order valence-electron chi connectivity index (χ0n) is 10.7. The average molecular weight is 302 g/mol. The number of hydrogen-bond acceptors (Lipinski definition) is 4. The number of nitrogens with one attached hydrogen (secondary N) is 2. The molecule has 19 heavy (non-hydrogen) atoms. The first-order chi connectivity index (χ1) is 8.93. The Morgan fingerprint density at radius 3 is 2.74 bits per heavy atom. The number of rotatable bonds is 4. The van der Waals surface area contributed by atoms with Gasteiger partial charge >= 0.3 is 6.03 Å². The molecule has 1 unspecified atom stereocenters. The number of carbonyl (C=O) groups excluding carboxylic acids is 2. The first kappa shape index (κ1) is 15.7. The van der Waals surface area contributed by atoms with Crippen LogP contribution in [0.4, 0.5) is 10.5 Å². The third-order valence-electron chi connectivity index (χ3n) is 2.23. The molecule has 4 N–H and O–H groups in total. The van der Waals surface area contributed by atoms with E-state index in [-0.39, 0.29) is 5.91 Å². The molecule has 0 aliphatic rings. The van der Waals surface area contributed by atoms with Gasteiger partial charge < -0.3 is 11.1 Å². The number of nitrogen functional groups attached to an aromatic ring is 1. The Morgan fingerprint density at radius 2 is 2.16 bits per heavy atom. The molecule has 0 aromatic heterocycles. The van der Waals surface area contributed by atoms with Gasteiger partial charge in [-0.1, -0.05) is 11.6 Å². The van der Waals surface area contributed by atoms with Crippen LogP contribution >= 0.6 is 23.4 Å². The summed E-state index contributed by atoms with van der Waals surface area (Å²) in [5.41, 5.74) is 6.10. The maximum Gasteiger partial charge on any atom is 0.321 e. The van der Waals surface area contributed by atoms with Gasteiger partial charge in [0.25, 0.3) is 0 Å². The lowest BCUT2D eigenvalue weighted by atomic mass is 10.3. The van der Waals surface area contributed by atoms with E-state index < -0.39 is 11.3 Å². The first-order valence-electron chi connectivity index (χ1n) is 5.74. The zero-order valence-corrected chi connectivity index (χ0v) is 12.3. The molecule has 1 aromatic carbocycles. The van der Waals surface area contributed by atoms with Gasteiger partial charge in [-0.05, 0) is 32.0 Å². The number of halogens is 1. The van der Waals surface area contributed by atoms with Crippen molar-refractivity contribution in [2.75, 3.05) is 12.3 Å². The minimum atomic E-state index is -0.490. The lowest BCUT2D eigenvalue weighted by Crippen LogP contribution is -2.42. The number of imide groups is 1. The number of amides is 3. The molecule has 5 nitrogen and oxygen atoms in total. The lowest BCUT2D eigenvalue weighted by molar-refractivity contribution is -0.119. The quantitative estimate of drug-likeness (QED) is 0.588. The normalized spacial score (nSPS) is 11.7. The molecule has 1 aromatic rings. The highest BCUT2D eigenvalue weighted by molar-refractivity contribution is 8.00. The SMILES string of the molecule is CCNC(=O)NC(=O)C(C)Sc1ccc(N)c(Cl)c1. The number of thioether (sulfide) groups is 1. The molecule has 0 heterocycles. The Hall–Kier alpha value is -1.40. The number of anilines is 1. The molecule has 1 rings (SSSR count). The Kier molecular flexibility index (Phi) is 5.98. The fourth-order valence-electron chi connectivity index (χ4n) is 1.26. The van der Waals surface area contributed by atoms with E-state index >= 15 is 0 Å². The van der Waals surface area contributed by atoms with Gasteiger partial charge in [-0.25, -0.2) is 4.79 Å². The van der Waals surface area contributed by atoms with E-state index in [1.165, 1.54) is 11.8 Å². The Labute approximate surface area is 121 Å². The van der Waals surface area contributed by atoms with E-state index in [9.17, 15) is 9.59 Å². The molecule has 0 aliphatic carbocycles. The van der Waals surface area contributed by atoms with Crippen molar-refractivity contribution >= 4 is 41.0 Å². The zero-order chi connectivity index (χ0) is 14.4. The standard InChI is InChI=1S/C12H16ClN3O2S/c1-3-15-12(18)16-11(17)7(2)19-8-4-5-10(14)9(13)6-8/h4-7H,3,14H2,1-2H3,(H2,15,16,17,18). The monoisotopic (exact) mass is 301 g/mol. The number of benzene rings is 1. The molecule has 0 aliphatic heterocycles. The number of carbonyl (C=O) groups is 2. The van der Waals surface area contributed by atoms with Crippen molar-refractivity contribution < 1.29 is 9.59 Å². The van der Waals surface area contributed by atoms with E-state index in [1.54, 1.807) is 32.0 Å². The number of nitrogens with two attached hydrogens (primary N) is 1. The summed E-state index contributed by atoms with van der Waals surface area (Å²) in [4.78, 5) is 23.8. The molecule has 1 atom stereocenters. The van der Waals surface area contributed by atoms with Crippen molar-refractivity contribution in [1.29, 1.82) is 0 Å². The Bertz CT molecular complexity index is 482. The fraction of sp³-hybridized carbons (Fsp3) is 0.333. The van der Waals surface area contributed by atoms with Crippen molar-refractivity contribution in [3.05, 3.63) is 23.2 Å². The van der Waals surface area contributed by atoms with Crippen molar-refractivity contribution in [3.63, 3.8) is 0 Å². The van der Waals surface area contributed by atoms with Gasteiger partial charge in [0.15, 0.2) is 0 Å². The summed E-state index contributed by atoms with van der Waals surface area (Å²) in [7, 11) is 0. The summed E-state index contributed by atoms with van der Waals surface area (Å²) in [5.74, 6) is -0.358. The van der Waals surface area contributed by atoms with E-state index in [2.05, 4.69) is 10.6 Å². The van der Waals surface area contributed by atoms with Crippen LogP contribution in [0.15, 0.2) is 23.1 Å². The topological polar surface area (TPSA) is 84.2 Å². The van der Waals surface area contributed by atoms with Crippen LogP contribution in [0.2, 0.25) is 5.02 Å². The Balaban J connectivity index is 2.58. The third kappa shape index (κ3) is 5.00. The van der Waals surface area contributed by atoms with Crippen LogP contribution in [0.25, 0.3) is 0 Å². The highest BCUT2D eigenvalue weighted by atomic mass is 35.5. The van der Waals surface area contributed by atoms with Gasteiger partial charge in [-0.2, -0.15) is 0 Å². The summed E-state index contributed by atoms with van der Waals surface area (Å²) in [5, 5.41) is 4.78. The van der Waals surface area contributed by atoms with Crippen molar-refractivity contribution in [1.82, 2.24) is 10.6 Å². The summed E-state index contributed by atoms with van der Waals surface area (Å²) in [6.07, 6.45) is 0. The van der Waals surface area contributed by atoms with Crippen molar-refractivity contribution in [3.8, 4) is 0 Å². The van der Waals surface area contributed by atoms with Gasteiger partial charge in [0, 0.05) is 11.4 Å². The highest BCUT2D eigenvalue weighted by Gasteiger charge is 2.17. The van der Waals surface area contributed by atoms with E-state index in [4.69, 9.17) is 17.3 Å². The van der Waals surface area contributed by atoms with Crippen LogP contribution < -0.4 is 16.4 Å². The molecule has 0 spiro atoms. The summed E-state index contributed by atoms with van der Waals surface area (Å²) < 4.78 is 0. The van der Waals surface area contributed by atoms with Gasteiger partial charge in [-0.3, -0.25) is 10.1 Å². The summed E-state index contributed by atoms with van der Waals surface area (Å²) in [6, 6.07) is 4.66. The largest absolute Gasteiger partial charge is 0.398 e. The second-order valence-corrected chi connectivity index (χ2v) is 5.61. The molecule has 0 fully saturated rings. The van der Waals surface area contributed by atoms with Gasteiger partial charge in [0.05, 0.1) is 16.0 Å². The van der Waals surface area contributed by atoms with Crippen molar-refractivity contribution in [2.45, 2.75) is 24.0 Å². The lowest BCUT2D eigenvalue weighted by Gasteiger charge is -2.12. The summed E-state index contributed by atoms with van der Waals surface area (Å²) >= 11 is 7.20. The first-order valence-corrected chi connectivity index (χ1v) is 7.00. The van der Waals surface area contributed by atoms with Crippen LogP contribution in [0, 0.1) is 0 Å². The third-order valence-corrected chi connectivity index (χ3v) is 3.65. The second-order valence-electron chi connectivity index (χ2n) is 3.79. The van der Waals surface area contributed by atoms with Gasteiger partial charge in [0.1, 0.15) is 0 Å². The van der Waals surface area contributed by atoms with Crippen LogP contribution in [0.1, 0.15) is 13.8 Å². The minimum absolute atomic E-state index is 0.358. The Morgan fingerprint density at radius 1 is 1.47 bits per heavy atom. The molecule has 7 heteroatoms. The van der Waals surface area contributed by atoms with Crippen LogP contribution in [0.3, 0.4) is 0 Å². The molecule has 0 saturated heterocycles. The molecule has 104 valence electrons. The molecular weight excluding hydrogens is 286 g/mol. The molecule has 3 amide bonds. The predicted octanol–water partition coefficient (Wildman–Crippen LogP) is 2.25. The second kappa shape index (κ2) is 7.25. The average Bonchev–Trinajstić information content (AvgIpc) is 2.34. The molecular formula is C12H16ClN3O2S. The van der Waals surface area contributed by atoms with E-state index in [0.717, 1.165) is 4.90 Å². The maximum absolute atomic E-state index is 11.7. The van der Waals surface area contributed by atoms with E-state index in [1.807, 2.05) is 0 Å². The molecule has 0 bridgehead atoms. The number of urea groups is 1.